The number of benzene rings is 1. The lowest BCUT2D eigenvalue weighted by Gasteiger charge is -2.20. The molecule has 0 spiro atoms. The van der Waals surface area contributed by atoms with Crippen LogP contribution in [0.4, 0.5) is 0 Å². The topological polar surface area (TPSA) is 103 Å². The van der Waals surface area contributed by atoms with Gasteiger partial charge in [-0.15, -0.1) is 0 Å². The Labute approximate surface area is 170 Å². The maximum Gasteiger partial charge on any atom is 0.328 e. The summed E-state index contributed by atoms with van der Waals surface area (Å²) >= 11 is 3.32. The van der Waals surface area contributed by atoms with E-state index in [1.54, 1.807) is 30.5 Å². The molecule has 3 rings (SSSR count). The minimum absolute atomic E-state index is 0.268. The Morgan fingerprint density at radius 2 is 2.04 bits per heavy atom. The van der Waals surface area contributed by atoms with Crippen molar-refractivity contribution in [1.82, 2.24) is 14.5 Å². The van der Waals surface area contributed by atoms with Gasteiger partial charge in [0.05, 0.1) is 31.0 Å². The van der Waals surface area contributed by atoms with Crippen LogP contribution in [0.15, 0.2) is 39.7 Å². The second-order valence-electron chi connectivity index (χ2n) is 6.28. The molecule has 28 heavy (non-hydrogen) atoms. The Bertz CT molecular complexity index is 1170. The lowest BCUT2D eigenvalue weighted by Crippen LogP contribution is -2.28. The van der Waals surface area contributed by atoms with E-state index in [0.29, 0.717) is 39.3 Å². The summed E-state index contributed by atoms with van der Waals surface area (Å²) in [6.45, 7) is 2.26. The number of rotatable bonds is 7. The quantitative estimate of drug-likeness (QED) is 0.570. The first-order valence-electron chi connectivity index (χ1n) is 8.47. The molecular formula is C18H20BrN3O5S. The molecule has 0 unspecified atom stereocenters. The van der Waals surface area contributed by atoms with Gasteiger partial charge in [0, 0.05) is 16.9 Å². The summed E-state index contributed by atoms with van der Waals surface area (Å²) in [5.41, 5.74) is 1.04. The maximum absolute atomic E-state index is 12.7. The third-order valence-electron chi connectivity index (χ3n) is 4.17. The molecule has 1 N–H and O–H groups in total. The molecule has 0 bridgehead atoms. The van der Waals surface area contributed by atoms with Crippen LogP contribution >= 0.6 is 15.9 Å². The van der Waals surface area contributed by atoms with Gasteiger partial charge in [0.15, 0.2) is 17.1 Å². The number of aromatic amines is 1. The smallest absolute Gasteiger partial charge is 0.328 e. The van der Waals surface area contributed by atoms with E-state index in [1.165, 1.54) is 11.7 Å². The molecule has 150 valence electrons. The van der Waals surface area contributed by atoms with E-state index >= 15 is 0 Å². The molecule has 0 aliphatic rings. The first-order chi connectivity index (χ1) is 13.2. The van der Waals surface area contributed by atoms with Crippen LogP contribution in [0, 0.1) is 0 Å². The van der Waals surface area contributed by atoms with Crippen LogP contribution < -0.4 is 15.2 Å². The van der Waals surface area contributed by atoms with Crippen molar-refractivity contribution < 1.29 is 17.9 Å². The number of fused-ring (bicyclic) bond motifs is 1. The zero-order valence-corrected chi connectivity index (χ0v) is 18.0. The molecule has 0 aliphatic carbocycles. The first-order valence-corrected chi connectivity index (χ1v) is 11.3. The number of hydrogen-bond acceptors (Lipinski definition) is 6. The summed E-state index contributed by atoms with van der Waals surface area (Å²) < 4.78 is 37.2. The van der Waals surface area contributed by atoms with Crippen LogP contribution in [0.5, 0.6) is 11.5 Å². The summed E-state index contributed by atoms with van der Waals surface area (Å²) in [6.07, 6.45) is 2.69. The Morgan fingerprint density at radius 3 is 2.68 bits per heavy atom. The highest BCUT2D eigenvalue weighted by Crippen LogP contribution is 2.32. The van der Waals surface area contributed by atoms with Crippen LogP contribution in [-0.4, -0.2) is 48.7 Å². The molecule has 2 heterocycles. The van der Waals surface area contributed by atoms with Crippen LogP contribution in [0.3, 0.4) is 0 Å². The number of halogens is 1. The predicted molar refractivity (Wildman–Crippen MR) is 110 cm³/mol. The molecule has 1 aromatic carbocycles. The molecule has 10 heteroatoms. The van der Waals surface area contributed by atoms with E-state index in [1.807, 2.05) is 6.92 Å². The number of imidazole rings is 1. The minimum atomic E-state index is -3.41. The molecule has 0 saturated heterocycles. The normalized spacial score (nSPS) is 12.9. The number of H-pyrrole nitrogens is 1. The number of pyridine rings is 1. The Balaban J connectivity index is 2.23. The van der Waals surface area contributed by atoms with E-state index in [0.717, 1.165) is 6.26 Å². The van der Waals surface area contributed by atoms with Crippen molar-refractivity contribution in [2.45, 2.75) is 13.0 Å². The van der Waals surface area contributed by atoms with Gasteiger partial charge in [0.1, 0.15) is 9.84 Å². The summed E-state index contributed by atoms with van der Waals surface area (Å²) in [6, 6.07) is 6.05. The number of sulfone groups is 1. The largest absolute Gasteiger partial charge is 0.493 e. The van der Waals surface area contributed by atoms with E-state index in [2.05, 4.69) is 25.9 Å². The van der Waals surface area contributed by atoms with Gasteiger partial charge in [-0.05, 0) is 46.6 Å². The molecule has 0 saturated carbocycles. The zero-order chi connectivity index (χ0) is 20.5. The summed E-state index contributed by atoms with van der Waals surface area (Å²) in [5.74, 6) is 0.733. The maximum atomic E-state index is 12.7. The fourth-order valence-corrected chi connectivity index (χ4v) is 4.30. The molecule has 0 amide bonds. The predicted octanol–water partition coefficient (Wildman–Crippen LogP) is 2.53. The monoisotopic (exact) mass is 469 g/mol. The van der Waals surface area contributed by atoms with Gasteiger partial charge < -0.3 is 14.5 Å². The van der Waals surface area contributed by atoms with E-state index in [9.17, 15) is 13.2 Å². The van der Waals surface area contributed by atoms with Gasteiger partial charge in [-0.1, -0.05) is 6.07 Å². The van der Waals surface area contributed by atoms with Gasteiger partial charge in [-0.3, -0.25) is 4.57 Å². The van der Waals surface area contributed by atoms with Crippen molar-refractivity contribution in [3.8, 4) is 11.5 Å². The zero-order valence-electron chi connectivity index (χ0n) is 15.6. The highest BCUT2D eigenvalue weighted by atomic mass is 79.9. The first kappa shape index (κ1) is 20.4. The van der Waals surface area contributed by atoms with E-state index < -0.39 is 21.6 Å². The average molecular weight is 470 g/mol. The minimum Gasteiger partial charge on any atom is -0.493 e. The van der Waals surface area contributed by atoms with Gasteiger partial charge in [-0.25, -0.2) is 18.2 Å². The van der Waals surface area contributed by atoms with Gasteiger partial charge in [0.2, 0.25) is 0 Å². The van der Waals surface area contributed by atoms with Crippen molar-refractivity contribution >= 4 is 36.9 Å². The van der Waals surface area contributed by atoms with Gasteiger partial charge >= 0.3 is 5.69 Å². The highest BCUT2D eigenvalue weighted by molar-refractivity contribution is 9.10. The average Bonchev–Trinajstić information content (AvgIpc) is 2.94. The standard InChI is InChI=1S/C18H20BrN3O5S/c1-4-27-16-7-11(5-6-15(16)26-2)14(10-28(3,24)25)22-17-13(21-18(22)23)8-12(19)9-20-17/h5-9,14H,4,10H2,1-3H3,(H,21,23)/t14-/m1/s1. The van der Waals surface area contributed by atoms with Crippen molar-refractivity contribution in [1.29, 1.82) is 0 Å². The fourth-order valence-electron chi connectivity index (χ4n) is 3.05. The van der Waals surface area contributed by atoms with Crippen molar-refractivity contribution in [2.24, 2.45) is 0 Å². The molecule has 3 aromatic rings. The molecular weight excluding hydrogens is 450 g/mol. The Morgan fingerprint density at radius 1 is 1.29 bits per heavy atom. The van der Waals surface area contributed by atoms with Crippen LogP contribution in [0.25, 0.3) is 11.2 Å². The van der Waals surface area contributed by atoms with Crippen molar-refractivity contribution in [2.75, 3.05) is 25.7 Å². The molecule has 1 atom stereocenters. The van der Waals surface area contributed by atoms with E-state index in [-0.39, 0.29) is 5.75 Å². The molecule has 0 fully saturated rings. The highest BCUT2D eigenvalue weighted by Gasteiger charge is 2.25. The second-order valence-corrected chi connectivity index (χ2v) is 9.38. The third kappa shape index (κ3) is 4.22. The van der Waals surface area contributed by atoms with Gasteiger partial charge in [0.25, 0.3) is 0 Å². The summed E-state index contributed by atoms with van der Waals surface area (Å²) in [7, 11) is -1.89. The van der Waals surface area contributed by atoms with Crippen LogP contribution in [-0.2, 0) is 9.84 Å². The SMILES string of the molecule is CCOc1cc([C@@H](CS(C)(=O)=O)n2c(=O)[nH]c3cc(Br)cnc32)ccc1OC. The number of aromatic nitrogens is 3. The summed E-state index contributed by atoms with van der Waals surface area (Å²) in [5, 5.41) is 0. The lowest BCUT2D eigenvalue weighted by molar-refractivity contribution is 0.310. The Kier molecular flexibility index (Phi) is 5.80. The molecule has 2 aromatic heterocycles. The lowest BCUT2D eigenvalue weighted by atomic mass is 10.1. The number of ether oxygens (including phenoxy) is 2. The van der Waals surface area contributed by atoms with Crippen molar-refractivity contribution in [3.05, 3.63) is 51.0 Å². The number of nitrogens with zero attached hydrogens (tertiary/aromatic N) is 2. The molecule has 0 aliphatic heterocycles. The third-order valence-corrected chi connectivity index (χ3v) is 5.52. The van der Waals surface area contributed by atoms with Gasteiger partial charge in [-0.2, -0.15) is 0 Å². The number of methoxy groups -OCH3 is 1. The molecule has 0 radical (unpaired) electrons. The number of nitrogens with one attached hydrogen (secondary N) is 1. The fraction of sp³-hybridized carbons (Fsp3) is 0.333. The Hall–Kier alpha value is -2.33. The summed E-state index contributed by atoms with van der Waals surface area (Å²) in [4.78, 5) is 19.7. The number of hydrogen-bond donors (Lipinski definition) is 1. The second kappa shape index (κ2) is 7.96. The van der Waals surface area contributed by atoms with Crippen LogP contribution in [0.1, 0.15) is 18.5 Å². The van der Waals surface area contributed by atoms with Crippen LogP contribution in [0.2, 0.25) is 0 Å². The van der Waals surface area contributed by atoms with Crippen molar-refractivity contribution in [3.63, 3.8) is 0 Å². The van der Waals surface area contributed by atoms with E-state index in [4.69, 9.17) is 9.47 Å². The molecule has 8 nitrogen and oxygen atoms in total.